The number of aliphatic carboxylic acids is 1. The third kappa shape index (κ3) is 7.36. The number of benzene rings is 1. The summed E-state index contributed by atoms with van der Waals surface area (Å²) in [5.74, 6) is -1.55. The summed E-state index contributed by atoms with van der Waals surface area (Å²) in [6.07, 6.45) is 0.137. The first-order valence-corrected chi connectivity index (χ1v) is 7.46. The van der Waals surface area contributed by atoms with E-state index in [2.05, 4.69) is 5.32 Å². The van der Waals surface area contributed by atoms with Crippen LogP contribution in [0.4, 0.5) is 0 Å². The van der Waals surface area contributed by atoms with Crippen LogP contribution >= 0.6 is 11.8 Å². The summed E-state index contributed by atoms with van der Waals surface area (Å²) in [6, 6.07) is 8.53. The number of hydrogen-bond donors (Lipinski definition) is 3. The quantitative estimate of drug-likeness (QED) is 0.590. The van der Waals surface area contributed by atoms with Crippen molar-refractivity contribution in [1.82, 2.24) is 5.32 Å². The van der Waals surface area contributed by atoms with Crippen molar-refractivity contribution < 1.29 is 19.5 Å². The summed E-state index contributed by atoms with van der Waals surface area (Å²) >= 11 is 1.52. The third-order valence-corrected chi connectivity index (χ3v) is 3.67. The largest absolute Gasteiger partial charge is 0.480 e. The van der Waals surface area contributed by atoms with Gasteiger partial charge >= 0.3 is 5.97 Å². The van der Waals surface area contributed by atoms with E-state index < -0.39 is 17.9 Å². The molecular formula is C14H18N2O4S. The Morgan fingerprint density at radius 1 is 1.19 bits per heavy atom. The Morgan fingerprint density at radius 2 is 1.86 bits per heavy atom. The Labute approximate surface area is 127 Å². The van der Waals surface area contributed by atoms with Gasteiger partial charge in [0, 0.05) is 23.5 Å². The van der Waals surface area contributed by atoms with Crippen molar-refractivity contribution in [3.05, 3.63) is 30.3 Å². The minimum atomic E-state index is -1.17. The predicted molar refractivity (Wildman–Crippen MR) is 79.8 cm³/mol. The van der Waals surface area contributed by atoms with Crippen LogP contribution in [0.5, 0.6) is 0 Å². The molecule has 1 atom stereocenters. The molecule has 0 heterocycles. The van der Waals surface area contributed by atoms with Crippen molar-refractivity contribution in [3.63, 3.8) is 0 Å². The molecule has 0 saturated carbocycles. The fourth-order valence-corrected chi connectivity index (χ4v) is 2.46. The Morgan fingerprint density at radius 3 is 2.43 bits per heavy atom. The highest BCUT2D eigenvalue weighted by Gasteiger charge is 2.20. The van der Waals surface area contributed by atoms with E-state index in [1.807, 2.05) is 30.3 Å². The lowest BCUT2D eigenvalue weighted by Gasteiger charge is -2.13. The maximum absolute atomic E-state index is 11.7. The van der Waals surface area contributed by atoms with Crippen LogP contribution in [0, 0.1) is 0 Å². The summed E-state index contributed by atoms with van der Waals surface area (Å²) in [5.41, 5.74) is 4.97. The maximum atomic E-state index is 11.7. The number of nitrogens with two attached hydrogens (primary N) is 1. The van der Waals surface area contributed by atoms with Crippen LogP contribution < -0.4 is 11.1 Å². The number of carbonyl (C=O) groups excluding carboxylic acids is 2. The van der Waals surface area contributed by atoms with Gasteiger partial charge in [-0.25, -0.2) is 4.79 Å². The molecule has 0 unspecified atom stereocenters. The first kappa shape index (κ1) is 17.0. The van der Waals surface area contributed by atoms with Crippen LogP contribution in [-0.2, 0) is 14.4 Å². The van der Waals surface area contributed by atoms with E-state index in [0.29, 0.717) is 5.75 Å². The normalized spacial score (nSPS) is 11.6. The second-order valence-electron chi connectivity index (χ2n) is 4.37. The molecule has 0 aliphatic carbocycles. The Bertz CT molecular complexity index is 493. The van der Waals surface area contributed by atoms with E-state index in [0.717, 1.165) is 4.90 Å². The number of rotatable bonds is 9. The first-order valence-electron chi connectivity index (χ1n) is 6.47. The summed E-state index contributed by atoms with van der Waals surface area (Å²) in [5, 5.41) is 11.4. The number of nitrogens with one attached hydrogen (secondary N) is 1. The van der Waals surface area contributed by atoms with E-state index in [4.69, 9.17) is 10.8 Å². The van der Waals surface area contributed by atoms with Gasteiger partial charge in [0.2, 0.25) is 11.8 Å². The minimum absolute atomic E-state index is 0.00222. The lowest BCUT2D eigenvalue weighted by molar-refractivity contribution is -0.142. The maximum Gasteiger partial charge on any atom is 0.326 e. The molecule has 0 radical (unpaired) electrons. The van der Waals surface area contributed by atoms with E-state index in [-0.39, 0.29) is 25.2 Å². The Balaban J connectivity index is 2.33. The highest BCUT2D eigenvalue weighted by Crippen LogP contribution is 2.17. The molecule has 0 spiro atoms. The minimum Gasteiger partial charge on any atom is -0.480 e. The zero-order valence-corrected chi connectivity index (χ0v) is 12.3. The lowest BCUT2D eigenvalue weighted by atomic mass is 10.1. The van der Waals surface area contributed by atoms with Gasteiger partial charge < -0.3 is 16.2 Å². The molecule has 7 heteroatoms. The molecule has 0 aliphatic rings. The average molecular weight is 310 g/mol. The Kier molecular flexibility index (Phi) is 7.31. The van der Waals surface area contributed by atoms with Crippen molar-refractivity contribution in [2.45, 2.75) is 30.2 Å². The summed E-state index contributed by atoms with van der Waals surface area (Å²) < 4.78 is 0. The molecule has 6 nitrogen and oxygen atoms in total. The van der Waals surface area contributed by atoms with E-state index in [1.165, 1.54) is 11.8 Å². The van der Waals surface area contributed by atoms with Gasteiger partial charge in [-0.05, 0) is 18.6 Å². The summed E-state index contributed by atoms with van der Waals surface area (Å²) in [6.45, 7) is 0. The monoisotopic (exact) mass is 310 g/mol. The summed E-state index contributed by atoms with van der Waals surface area (Å²) in [4.78, 5) is 34.4. The van der Waals surface area contributed by atoms with Crippen LogP contribution in [-0.4, -0.2) is 34.7 Å². The van der Waals surface area contributed by atoms with Crippen molar-refractivity contribution in [2.75, 3.05) is 5.75 Å². The molecule has 0 saturated heterocycles. The average Bonchev–Trinajstić information content (AvgIpc) is 2.44. The highest BCUT2D eigenvalue weighted by atomic mass is 32.2. The molecule has 114 valence electrons. The number of primary amides is 1. The molecule has 2 amide bonds. The van der Waals surface area contributed by atoms with Crippen LogP contribution in [0.25, 0.3) is 0 Å². The number of carboxylic acids is 1. The van der Waals surface area contributed by atoms with Gasteiger partial charge in [-0.15, -0.1) is 11.8 Å². The van der Waals surface area contributed by atoms with Gasteiger partial charge in [0.15, 0.2) is 0 Å². The molecule has 0 aromatic heterocycles. The predicted octanol–water partition coefficient (Wildman–Crippen LogP) is 1.00. The first-order chi connectivity index (χ1) is 9.99. The van der Waals surface area contributed by atoms with Gasteiger partial charge in [-0.1, -0.05) is 18.2 Å². The molecule has 21 heavy (non-hydrogen) atoms. The molecule has 1 aromatic carbocycles. The number of thioether (sulfide) groups is 1. The van der Waals surface area contributed by atoms with Crippen molar-refractivity contribution in [2.24, 2.45) is 5.73 Å². The van der Waals surface area contributed by atoms with Crippen LogP contribution in [0.3, 0.4) is 0 Å². The van der Waals surface area contributed by atoms with Gasteiger partial charge in [0.05, 0.1) is 0 Å². The standard InChI is InChI=1S/C14H18N2O4S/c15-12(17)7-6-11(14(19)20)16-13(18)8-9-21-10-4-2-1-3-5-10/h1-5,11H,6-9H2,(H2,15,17)(H,16,18)(H,19,20)/t11-/m1/s1. The van der Waals surface area contributed by atoms with Gasteiger partial charge in [0.25, 0.3) is 0 Å². The summed E-state index contributed by atoms with van der Waals surface area (Å²) in [7, 11) is 0. The van der Waals surface area contributed by atoms with Crippen molar-refractivity contribution in [3.8, 4) is 0 Å². The molecule has 0 aliphatic heterocycles. The fourth-order valence-electron chi connectivity index (χ4n) is 1.59. The number of amides is 2. The molecule has 0 bridgehead atoms. The highest BCUT2D eigenvalue weighted by molar-refractivity contribution is 7.99. The fraction of sp³-hybridized carbons (Fsp3) is 0.357. The third-order valence-electron chi connectivity index (χ3n) is 2.65. The number of carbonyl (C=O) groups is 3. The van der Waals surface area contributed by atoms with Crippen LogP contribution in [0.15, 0.2) is 35.2 Å². The van der Waals surface area contributed by atoms with Crippen molar-refractivity contribution >= 4 is 29.5 Å². The zero-order chi connectivity index (χ0) is 15.7. The van der Waals surface area contributed by atoms with E-state index in [9.17, 15) is 14.4 Å². The van der Waals surface area contributed by atoms with Crippen molar-refractivity contribution in [1.29, 1.82) is 0 Å². The second kappa shape index (κ2) is 9.02. The SMILES string of the molecule is NC(=O)CC[C@@H](NC(=O)CCSc1ccccc1)C(=O)O. The van der Waals surface area contributed by atoms with Crippen LogP contribution in [0.2, 0.25) is 0 Å². The Hall–Kier alpha value is -2.02. The number of hydrogen-bond acceptors (Lipinski definition) is 4. The molecule has 1 rings (SSSR count). The van der Waals surface area contributed by atoms with Gasteiger partial charge in [-0.2, -0.15) is 0 Å². The molecule has 4 N–H and O–H groups in total. The molecule has 0 fully saturated rings. The van der Waals surface area contributed by atoms with E-state index >= 15 is 0 Å². The molecule has 1 aromatic rings. The van der Waals surface area contributed by atoms with Gasteiger partial charge in [0.1, 0.15) is 6.04 Å². The second-order valence-corrected chi connectivity index (χ2v) is 5.54. The van der Waals surface area contributed by atoms with Crippen LogP contribution in [0.1, 0.15) is 19.3 Å². The topological polar surface area (TPSA) is 109 Å². The smallest absolute Gasteiger partial charge is 0.326 e. The molecular weight excluding hydrogens is 292 g/mol. The number of carboxylic acid groups (broad SMARTS) is 1. The van der Waals surface area contributed by atoms with Gasteiger partial charge in [-0.3, -0.25) is 9.59 Å². The van der Waals surface area contributed by atoms with E-state index in [1.54, 1.807) is 0 Å². The lowest BCUT2D eigenvalue weighted by Crippen LogP contribution is -2.41. The zero-order valence-electron chi connectivity index (χ0n) is 11.5.